The van der Waals surface area contributed by atoms with Crippen LogP contribution in [0.1, 0.15) is 38.2 Å². The van der Waals surface area contributed by atoms with Crippen LogP contribution in [-0.4, -0.2) is 30.6 Å². The van der Waals surface area contributed by atoms with Gasteiger partial charge in [0.15, 0.2) is 0 Å². The van der Waals surface area contributed by atoms with Crippen molar-refractivity contribution in [2.75, 3.05) is 19.6 Å². The first-order valence-corrected chi connectivity index (χ1v) is 7.15. The molecule has 3 nitrogen and oxygen atoms in total. The second kappa shape index (κ2) is 6.39. The summed E-state index contributed by atoms with van der Waals surface area (Å²) in [6, 6.07) is 4.77. The van der Waals surface area contributed by atoms with Crippen molar-refractivity contribution in [1.29, 1.82) is 0 Å². The average Bonchev–Trinajstić information content (AvgIpc) is 2.75. The van der Waals surface area contributed by atoms with E-state index in [0.29, 0.717) is 6.04 Å². The Kier molecular flexibility index (Phi) is 4.84. The van der Waals surface area contributed by atoms with E-state index in [2.05, 4.69) is 30.1 Å². The molecule has 1 aliphatic rings. The first-order valence-electron chi connectivity index (χ1n) is 7.15. The van der Waals surface area contributed by atoms with Gasteiger partial charge >= 0.3 is 0 Å². The molecule has 2 rings (SSSR count). The quantitative estimate of drug-likeness (QED) is 0.871. The third-order valence-corrected chi connectivity index (χ3v) is 3.81. The number of piperidine rings is 1. The van der Waals surface area contributed by atoms with Crippen LogP contribution < -0.4 is 5.32 Å². The van der Waals surface area contributed by atoms with Gasteiger partial charge in [-0.3, -0.25) is 0 Å². The maximum atomic E-state index is 5.56. The van der Waals surface area contributed by atoms with Crippen LogP contribution in [0.25, 0.3) is 0 Å². The maximum absolute atomic E-state index is 5.56. The van der Waals surface area contributed by atoms with Gasteiger partial charge in [-0.25, -0.2) is 0 Å². The third-order valence-electron chi connectivity index (χ3n) is 3.81. The number of nitrogens with zero attached hydrogens (tertiary/aromatic N) is 1. The molecule has 0 spiro atoms. The molecule has 1 fully saturated rings. The van der Waals surface area contributed by atoms with Gasteiger partial charge in [0.25, 0.3) is 0 Å². The molecule has 1 aromatic heterocycles. The number of furan rings is 1. The highest BCUT2D eigenvalue weighted by molar-refractivity contribution is 5.05. The van der Waals surface area contributed by atoms with Crippen molar-refractivity contribution in [3.63, 3.8) is 0 Å². The first kappa shape index (κ1) is 13.6. The molecule has 0 saturated carbocycles. The fourth-order valence-corrected chi connectivity index (χ4v) is 2.71. The molecule has 0 radical (unpaired) electrons. The molecule has 18 heavy (non-hydrogen) atoms. The Labute approximate surface area is 111 Å². The molecule has 1 aromatic rings. The van der Waals surface area contributed by atoms with E-state index in [1.54, 1.807) is 0 Å². The molecule has 1 N–H and O–H groups in total. The number of hydrogen-bond acceptors (Lipinski definition) is 3. The Hall–Kier alpha value is -0.800. The zero-order valence-corrected chi connectivity index (χ0v) is 11.9. The Morgan fingerprint density at radius 3 is 2.94 bits per heavy atom. The van der Waals surface area contributed by atoms with Gasteiger partial charge in [0, 0.05) is 12.6 Å². The van der Waals surface area contributed by atoms with Gasteiger partial charge in [0.1, 0.15) is 11.5 Å². The summed E-state index contributed by atoms with van der Waals surface area (Å²) in [7, 11) is 0. The lowest BCUT2D eigenvalue weighted by Gasteiger charge is -2.35. The molecule has 0 amide bonds. The fourth-order valence-electron chi connectivity index (χ4n) is 2.71. The zero-order chi connectivity index (χ0) is 13.0. The molecule has 102 valence electrons. The normalized spacial score (nSPS) is 21.7. The van der Waals surface area contributed by atoms with Crippen LogP contribution in [0.3, 0.4) is 0 Å². The minimum absolute atomic E-state index is 0.681. The van der Waals surface area contributed by atoms with E-state index < -0.39 is 0 Å². The van der Waals surface area contributed by atoms with Crippen molar-refractivity contribution in [3.05, 3.63) is 23.7 Å². The van der Waals surface area contributed by atoms with Crippen LogP contribution >= 0.6 is 0 Å². The highest BCUT2D eigenvalue weighted by Gasteiger charge is 2.21. The Bertz CT molecular complexity index is 359. The topological polar surface area (TPSA) is 28.4 Å². The van der Waals surface area contributed by atoms with E-state index in [0.717, 1.165) is 30.5 Å². The second-order valence-corrected chi connectivity index (χ2v) is 5.74. The predicted octanol–water partition coefficient (Wildman–Crippen LogP) is 2.80. The molecular formula is C15H26N2O. The van der Waals surface area contributed by atoms with Crippen molar-refractivity contribution in [3.8, 4) is 0 Å². The molecule has 1 aliphatic heterocycles. The Morgan fingerprint density at radius 1 is 1.44 bits per heavy atom. The summed E-state index contributed by atoms with van der Waals surface area (Å²) in [6.45, 7) is 11.0. The smallest absolute Gasteiger partial charge is 0.117 e. The van der Waals surface area contributed by atoms with Crippen LogP contribution in [-0.2, 0) is 6.54 Å². The van der Waals surface area contributed by atoms with Crippen LogP contribution in [0.5, 0.6) is 0 Å². The number of nitrogens with one attached hydrogen (secondary N) is 1. The molecule has 3 heteroatoms. The summed E-state index contributed by atoms with van der Waals surface area (Å²) < 4.78 is 5.56. The highest BCUT2D eigenvalue weighted by atomic mass is 16.3. The van der Waals surface area contributed by atoms with E-state index >= 15 is 0 Å². The van der Waals surface area contributed by atoms with Gasteiger partial charge in [0.05, 0.1) is 6.54 Å². The lowest BCUT2D eigenvalue weighted by molar-refractivity contribution is 0.138. The standard InChI is InChI=1S/C15H26N2O/c1-12(2)17-8-4-5-14(11-17)9-16-10-15-7-6-13(3)18-15/h6-7,12,14,16H,4-5,8-11H2,1-3H3. The molecule has 1 atom stereocenters. The van der Waals surface area contributed by atoms with Crippen molar-refractivity contribution in [2.24, 2.45) is 5.92 Å². The summed E-state index contributed by atoms with van der Waals surface area (Å²) in [5, 5.41) is 3.52. The van der Waals surface area contributed by atoms with Crippen LogP contribution in [0.4, 0.5) is 0 Å². The molecule has 0 aliphatic carbocycles. The predicted molar refractivity (Wildman–Crippen MR) is 74.6 cm³/mol. The van der Waals surface area contributed by atoms with E-state index in [4.69, 9.17) is 4.42 Å². The summed E-state index contributed by atoms with van der Waals surface area (Å²) >= 11 is 0. The SMILES string of the molecule is Cc1ccc(CNCC2CCCN(C(C)C)C2)o1. The fraction of sp³-hybridized carbons (Fsp3) is 0.733. The summed E-state index contributed by atoms with van der Waals surface area (Å²) in [4.78, 5) is 2.59. The van der Waals surface area contributed by atoms with E-state index in [9.17, 15) is 0 Å². The third kappa shape index (κ3) is 3.85. The minimum atomic E-state index is 0.681. The number of hydrogen-bond donors (Lipinski definition) is 1. The summed E-state index contributed by atoms with van der Waals surface area (Å²) in [5.74, 6) is 2.83. The maximum Gasteiger partial charge on any atom is 0.117 e. The largest absolute Gasteiger partial charge is 0.465 e. The molecule has 0 aromatic carbocycles. The first-order chi connectivity index (χ1) is 8.65. The zero-order valence-electron chi connectivity index (χ0n) is 11.9. The van der Waals surface area contributed by atoms with Crippen molar-refractivity contribution in [1.82, 2.24) is 10.2 Å². The Balaban J connectivity index is 1.70. The number of rotatable bonds is 5. The molecule has 1 unspecified atom stereocenters. The van der Waals surface area contributed by atoms with Crippen LogP contribution in [0, 0.1) is 12.8 Å². The van der Waals surface area contributed by atoms with E-state index in [1.807, 2.05) is 13.0 Å². The summed E-state index contributed by atoms with van der Waals surface area (Å²) in [5.41, 5.74) is 0. The lowest BCUT2D eigenvalue weighted by Crippen LogP contribution is -2.42. The van der Waals surface area contributed by atoms with E-state index in [-0.39, 0.29) is 0 Å². The lowest BCUT2D eigenvalue weighted by atomic mass is 9.97. The van der Waals surface area contributed by atoms with Crippen LogP contribution in [0.2, 0.25) is 0 Å². The Morgan fingerprint density at radius 2 is 2.28 bits per heavy atom. The van der Waals surface area contributed by atoms with Gasteiger partial charge in [-0.05, 0) is 64.8 Å². The number of likely N-dealkylation sites (tertiary alicyclic amines) is 1. The number of aryl methyl sites for hydroxylation is 1. The van der Waals surface area contributed by atoms with Gasteiger partial charge in [-0.1, -0.05) is 0 Å². The monoisotopic (exact) mass is 250 g/mol. The van der Waals surface area contributed by atoms with Gasteiger partial charge < -0.3 is 14.6 Å². The van der Waals surface area contributed by atoms with E-state index in [1.165, 1.54) is 25.9 Å². The second-order valence-electron chi connectivity index (χ2n) is 5.74. The van der Waals surface area contributed by atoms with Crippen LogP contribution in [0.15, 0.2) is 16.5 Å². The van der Waals surface area contributed by atoms with Crippen molar-refractivity contribution < 1.29 is 4.42 Å². The minimum Gasteiger partial charge on any atom is -0.465 e. The molecule has 1 saturated heterocycles. The molecule has 2 heterocycles. The molecular weight excluding hydrogens is 224 g/mol. The van der Waals surface area contributed by atoms with Gasteiger partial charge in [-0.2, -0.15) is 0 Å². The van der Waals surface area contributed by atoms with Gasteiger partial charge in [-0.15, -0.1) is 0 Å². The van der Waals surface area contributed by atoms with Gasteiger partial charge in [0.2, 0.25) is 0 Å². The highest BCUT2D eigenvalue weighted by Crippen LogP contribution is 2.17. The summed E-state index contributed by atoms with van der Waals surface area (Å²) in [6.07, 6.45) is 2.69. The molecule has 0 bridgehead atoms. The average molecular weight is 250 g/mol. The van der Waals surface area contributed by atoms with Crippen molar-refractivity contribution >= 4 is 0 Å². The van der Waals surface area contributed by atoms with Crippen molar-refractivity contribution in [2.45, 2.75) is 46.2 Å².